The van der Waals surface area contributed by atoms with Gasteiger partial charge in [0.25, 0.3) is 0 Å². The van der Waals surface area contributed by atoms with Gasteiger partial charge in [-0.25, -0.2) is 9.37 Å². The summed E-state index contributed by atoms with van der Waals surface area (Å²) in [7, 11) is 0. The molecule has 1 aliphatic heterocycles. The Balaban J connectivity index is 1.37. The van der Waals surface area contributed by atoms with Gasteiger partial charge in [-0.15, -0.1) is 0 Å². The van der Waals surface area contributed by atoms with Crippen LogP contribution in [0.15, 0.2) is 66.7 Å². The topological polar surface area (TPSA) is 72.5 Å². The molecule has 1 aromatic heterocycles. The van der Waals surface area contributed by atoms with E-state index in [2.05, 4.69) is 20.9 Å². The number of aryl methyl sites for hydroxylation is 2. The molecule has 2 heterocycles. The smallest absolute Gasteiger partial charge is 0.223 e. The van der Waals surface area contributed by atoms with Crippen molar-refractivity contribution >= 4 is 28.5 Å². The van der Waals surface area contributed by atoms with Crippen LogP contribution in [-0.4, -0.2) is 57.8 Å². The number of fused-ring (bicyclic) bond motifs is 2. The van der Waals surface area contributed by atoms with E-state index in [1.807, 2.05) is 53.1 Å². The fraction of sp³-hybridized carbons (Fsp3) is 0.344. The van der Waals surface area contributed by atoms with Crippen LogP contribution in [-0.2, 0) is 29.1 Å². The van der Waals surface area contributed by atoms with Gasteiger partial charge in [-0.2, -0.15) is 0 Å². The highest BCUT2D eigenvalue weighted by molar-refractivity contribution is 5.92. The highest BCUT2D eigenvalue weighted by Gasteiger charge is 2.22. The maximum absolute atomic E-state index is 13.7. The number of amides is 2. The average molecular weight is 542 g/mol. The molecule has 1 N–H and O–H groups in total. The Morgan fingerprint density at radius 2 is 1.73 bits per heavy atom. The maximum atomic E-state index is 13.7. The number of carbonyl (C=O) groups excluding carboxylic acids is 2. The number of hydrogen-bond donors (Lipinski definition) is 1. The lowest BCUT2D eigenvalue weighted by Gasteiger charge is -2.28. The lowest BCUT2D eigenvalue weighted by atomic mass is 10.1. The third-order valence-corrected chi connectivity index (χ3v) is 7.53. The predicted octanol–water partition coefficient (Wildman–Crippen LogP) is 5.23. The molecule has 4 aromatic rings. The van der Waals surface area contributed by atoms with Crippen molar-refractivity contribution in [2.75, 3.05) is 31.1 Å². The number of anilines is 1. The number of nitrogens with one attached hydrogen (secondary N) is 1. The van der Waals surface area contributed by atoms with Gasteiger partial charge in [0, 0.05) is 58.3 Å². The summed E-state index contributed by atoms with van der Waals surface area (Å²) in [5.41, 5.74) is 5.83. The molecule has 0 saturated carbocycles. The van der Waals surface area contributed by atoms with Crippen LogP contribution in [0.3, 0.4) is 0 Å². The summed E-state index contributed by atoms with van der Waals surface area (Å²) in [6, 6.07) is 20.5. The van der Waals surface area contributed by atoms with Crippen molar-refractivity contribution in [1.82, 2.24) is 19.8 Å². The summed E-state index contributed by atoms with van der Waals surface area (Å²) in [5.74, 6) is 0.676. The second-order valence-electron chi connectivity index (χ2n) is 10.5. The standard InChI is InChI=1S/C32H36FN5O2/c1-23-34-29-14-10-25(20-30(29)35-23)11-15-32(40)37-19-18-36(21-26-8-12-28(33)13-9-26)16-5-17-38(24(2)39)31-7-4-3-6-27(31)22-37/h3-4,6-10,12-14,20H,5,11,15-19,21-22H2,1-2H3,(H,34,35). The number of halogens is 1. The summed E-state index contributed by atoms with van der Waals surface area (Å²) in [6.45, 7) is 7.21. The van der Waals surface area contributed by atoms with E-state index in [-0.39, 0.29) is 17.6 Å². The van der Waals surface area contributed by atoms with Gasteiger partial charge in [-0.3, -0.25) is 14.5 Å². The Kier molecular flexibility index (Phi) is 8.55. The monoisotopic (exact) mass is 541 g/mol. The van der Waals surface area contributed by atoms with Crippen LogP contribution in [0.2, 0.25) is 0 Å². The molecule has 7 nitrogen and oxygen atoms in total. The first-order valence-corrected chi connectivity index (χ1v) is 13.9. The van der Waals surface area contributed by atoms with Gasteiger partial charge in [-0.1, -0.05) is 36.4 Å². The first kappa shape index (κ1) is 27.5. The fourth-order valence-electron chi connectivity index (χ4n) is 5.43. The molecule has 0 saturated heterocycles. The normalized spacial score (nSPS) is 15.1. The molecular weight excluding hydrogens is 505 g/mol. The van der Waals surface area contributed by atoms with Crippen molar-refractivity contribution in [2.24, 2.45) is 0 Å². The van der Waals surface area contributed by atoms with E-state index >= 15 is 0 Å². The molecule has 5 rings (SSSR count). The minimum Gasteiger partial charge on any atom is -0.342 e. The molecule has 2 amide bonds. The molecule has 0 unspecified atom stereocenters. The van der Waals surface area contributed by atoms with Crippen LogP contribution < -0.4 is 4.90 Å². The number of H-pyrrole nitrogens is 1. The zero-order valence-corrected chi connectivity index (χ0v) is 23.2. The minimum absolute atomic E-state index is 0.0147. The molecule has 3 aromatic carbocycles. The van der Waals surface area contributed by atoms with E-state index in [9.17, 15) is 14.0 Å². The van der Waals surface area contributed by atoms with Crippen LogP contribution in [0.25, 0.3) is 11.0 Å². The number of aromatic amines is 1. The van der Waals surface area contributed by atoms with Gasteiger partial charge in [0.2, 0.25) is 11.8 Å². The van der Waals surface area contributed by atoms with Gasteiger partial charge < -0.3 is 14.8 Å². The molecular formula is C32H36FN5O2. The lowest BCUT2D eigenvalue weighted by molar-refractivity contribution is -0.132. The molecule has 0 radical (unpaired) electrons. The van der Waals surface area contributed by atoms with Gasteiger partial charge in [0.05, 0.1) is 11.0 Å². The Labute approximate surface area is 234 Å². The zero-order valence-electron chi connectivity index (χ0n) is 23.2. The van der Waals surface area contributed by atoms with Gasteiger partial charge in [0.1, 0.15) is 11.6 Å². The molecule has 0 aliphatic carbocycles. The van der Waals surface area contributed by atoms with E-state index in [0.717, 1.165) is 52.2 Å². The van der Waals surface area contributed by atoms with Crippen LogP contribution >= 0.6 is 0 Å². The number of carbonyl (C=O) groups is 2. The van der Waals surface area contributed by atoms with Crippen molar-refractivity contribution < 1.29 is 14.0 Å². The molecule has 0 fully saturated rings. The number of nitrogens with zero attached hydrogens (tertiary/aromatic N) is 4. The first-order valence-electron chi connectivity index (χ1n) is 13.9. The largest absolute Gasteiger partial charge is 0.342 e. The second-order valence-corrected chi connectivity index (χ2v) is 10.5. The van der Waals surface area contributed by atoms with E-state index in [0.29, 0.717) is 45.6 Å². The Bertz CT molecular complexity index is 1480. The van der Waals surface area contributed by atoms with Crippen molar-refractivity contribution in [3.63, 3.8) is 0 Å². The van der Waals surface area contributed by atoms with Crippen LogP contribution in [0.1, 0.15) is 42.3 Å². The number of hydrogen-bond acceptors (Lipinski definition) is 4. The van der Waals surface area contributed by atoms with Crippen LogP contribution in [0.4, 0.5) is 10.1 Å². The van der Waals surface area contributed by atoms with Crippen molar-refractivity contribution in [3.8, 4) is 0 Å². The van der Waals surface area contributed by atoms with E-state index in [1.54, 1.807) is 19.1 Å². The highest BCUT2D eigenvalue weighted by Crippen LogP contribution is 2.24. The third-order valence-electron chi connectivity index (χ3n) is 7.53. The average Bonchev–Trinajstić information content (AvgIpc) is 3.30. The summed E-state index contributed by atoms with van der Waals surface area (Å²) < 4.78 is 13.5. The first-order chi connectivity index (χ1) is 19.4. The molecule has 8 heteroatoms. The lowest BCUT2D eigenvalue weighted by Crippen LogP contribution is -2.38. The quantitative estimate of drug-likeness (QED) is 0.376. The maximum Gasteiger partial charge on any atom is 0.223 e. The SMILES string of the molecule is CC(=O)N1CCCN(Cc2ccc(F)cc2)CCN(C(=O)CCc2ccc3nc(C)[nH]c3c2)Cc2ccccc21. The molecule has 0 atom stereocenters. The number of benzene rings is 3. The molecule has 40 heavy (non-hydrogen) atoms. The highest BCUT2D eigenvalue weighted by atomic mass is 19.1. The number of para-hydroxylation sites is 1. The summed E-state index contributed by atoms with van der Waals surface area (Å²) >= 11 is 0. The summed E-state index contributed by atoms with van der Waals surface area (Å²) in [4.78, 5) is 40.1. The Hall–Kier alpha value is -4.04. The number of imidazole rings is 1. The number of rotatable bonds is 5. The van der Waals surface area contributed by atoms with Crippen molar-refractivity contribution in [3.05, 3.63) is 95.1 Å². The molecule has 0 spiro atoms. The van der Waals surface area contributed by atoms with Crippen LogP contribution in [0.5, 0.6) is 0 Å². The van der Waals surface area contributed by atoms with Gasteiger partial charge >= 0.3 is 0 Å². The van der Waals surface area contributed by atoms with Crippen molar-refractivity contribution in [2.45, 2.75) is 46.2 Å². The summed E-state index contributed by atoms with van der Waals surface area (Å²) in [5, 5.41) is 0. The summed E-state index contributed by atoms with van der Waals surface area (Å²) in [6.07, 6.45) is 1.80. The molecule has 208 valence electrons. The fourth-order valence-corrected chi connectivity index (χ4v) is 5.43. The van der Waals surface area contributed by atoms with E-state index in [4.69, 9.17) is 0 Å². The molecule has 1 aliphatic rings. The minimum atomic E-state index is -0.255. The van der Waals surface area contributed by atoms with E-state index < -0.39 is 0 Å². The van der Waals surface area contributed by atoms with Crippen LogP contribution in [0, 0.1) is 12.7 Å². The Morgan fingerprint density at radius 3 is 2.52 bits per heavy atom. The van der Waals surface area contributed by atoms with Gasteiger partial charge in [0.15, 0.2) is 0 Å². The Morgan fingerprint density at radius 1 is 0.950 bits per heavy atom. The van der Waals surface area contributed by atoms with E-state index in [1.165, 1.54) is 12.1 Å². The van der Waals surface area contributed by atoms with Crippen molar-refractivity contribution in [1.29, 1.82) is 0 Å². The van der Waals surface area contributed by atoms with Gasteiger partial charge in [-0.05, 0) is 66.8 Å². The number of aromatic nitrogens is 2. The third kappa shape index (κ3) is 6.74. The second kappa shape index (κ2) is 12.4. The zero-order chi connectivity index (χ0) is 28.1. The molecule has 0 bridgehead atoms. The predicted molar refractivity (Wildman–Crippen MR) is 155 cm³/mol.